The standard InChI is InChI=1S/C13H25NO2.C4H8N2O3/c15-13(16)11-14-12-9-7-5-3-1-2-4-6-8-10-12;5-2(4(8)9)1-3(6)7/h12,14H,1-11H2,(H,15,16);2H,1,5H2,(H2,6,7)(H,8,9). The molecule has 0 aromatic carbocycles. The Bertz CT molecular complexity index is 392. The van der Waals surface area contributed by atoms with Gasteiger partial charge in [-0.05, 0) is 12.8 Å². The fraction of sp³-hybridized carbons (Fsp3) is 0.824. The van der Waals surface area contributed by atoms with Gasteiger partial charge >= 0.3 is 11.9 Å². The van der Waals surface area contributed by atoms with E-state index in [4.69, 9.17) is 15.9 Å². The Morgan fingerprint density at radius 1 is 0.920 bits per heavy atom. The Kier molecular flexibility index (Phi) is 13.7. The molecule has 146 valence electrons. The van der Waals surface area contributed by atoms with Crippen LogP contribution in [0.5, 0.6) is 0 Å². The van der Waals surface area contributed by atoms with Crippen LogP contribution in [0.25, 0.3) is 0 Å². The van der Waals surface area contributed by atoms with Gasteiger partial charge in [0.25, 0.3) is 0 Å². The van der Waals surface area contributed by atoms with Gasteiger partial charge < -0.3 is 27.0 Å². The molecule has 25 heavy (non-hydrogen) atoms. The quantitative estimate of drug-likeness (QED) is 0.477. The first-order valence-electron chi connectivity index (χ1n) is 9.04. The maximum absolute atomic E-state index is 10.5. The first-order chi connectivity index (χ1) is 11.8. The summed E-state index contributed by atoms with van der Waals surface area (Å²) in [7, 11) is 0. The van der Waals surface area contributed by atoms with E-state index in [1.807, 2.05) is 0 Å². The number of aliphatic carboxylic acids is 2. The third-order valence-corrected chi connectivity index (χ3v) is 4.14. The molecule has 0 spiro atoms. The van der Waals surface area contributed by atoms with Crippen molar-refractivity contribution >= 4 is 17.8 Å². The van der Waals surface area contributed by atoms with E-state index in [1.54, 1.807) is 0 Å². The molecule has 1 aliphatic carbocycles. The maximum atomic E-state index is 10.5. The average Bonchev–Trinajstić information content (AvgIpc) is 2.58. The molecule has 0 radical (unpaired) electrons. The van der Waals surface area contributed by atoms with Crippen LogP contribution < -0.4 is 16.8 Å². The Morgan fingerprint density at radius 2 is 1.36 bits per heavy atom. The Balaban J connectivity index is 0.000000547. The van der Waals surface area contributed by atoms with Gasteiger partial charge in [0.15, 0.2) is 0 Å². The second kappa shape index (κ2) is 14.7. The second-order valence-corrected chi connectivity index (χ2v) is 6.49. The number of rotatable bonds is 6. The van der Waals surface area contributed by atoms with Gasteiger partial charge in [0.2, 0.25) is 5.91 Å². The lowest BCUT2D eigenvalue weighted by molar-refractivity contribution is -0.140. The molecule has 0 bridgehead atoms. The minimum Gasteiger partial charge on any atom is -0.480 e. The smallest absolute Gasteiger partial charge is 0.321 e. The third-order valence-electron chi connectivity index (χ3n) is 4.14. The van der Waals surface area contributed by atoms with Crippen molar-refractivity contribution in [3.8, 4) is 0 Å². The highest BCUT2D eigenvalue weighted by atomic mass is 16.4. The van der Waals surface area contributed by atoms with E-state index in [-0.39, 0.29) is 13.0 Å². The summed E-state index contributed by atoms with van der Waals surface area (Å²) in [5.41, 5.74) is 9.57. The summed E-state index contributed by atoms with van der Waals surface area (Å²) in [4.78, 5) is 30.4. The predicted octanol–water partition coefficient (Wildman–Crippen LogP) is 1.22. The zero-order valence-electron chi connectivity index (χ0n) is 14.9. The van der Waals surface area contributed by atoms with Gasteiger partial charge in [0.1, 0.15) is 6.04 Å². The topological polar surface area (TPSA) is 156 Å². The molecule has 7 N–H and O–H groups in total. The second-order valence-electron chi connectivity index (χ2n) is 6.49. The van der Waals surface area contributed by atoms with Crippen LogP contribution in [-0.4, -0.2) is 46.7 Å². The largest absolute Gasteiger partial charge is 0.480 e. The van der Waals surface area contributed by atoms with Gasteiger partial charge in [-0.2, -0.15) is 0 Å². The molecule has 1 fully saturated rings. The Morgan fingerprint density at radius 3 is 1.68 bits per heavy atom. The first kappa shape index (κ1) is 23.3. The minimum atomic E-state index is -1.21. The highest BCUT2D eigenvalue weighted by Gasteiger charge is 2.13. The molecular weight excluding hydrogens is 326 g/mol. The number of hydrogen-bond donors (Lipinski definition) is 5. The van der Waals surface area contributed by atoms with Crippen molar-refractivity contribution < 1.29 is 24.6 Å². The van der Waals surface area contributed by atoms with Gasteiger partial charge in [-0.3, -0.25) is 14.4 Å². The number of carbonyl (C=O) groups is 3. The summed E-state index contributed by atoms with van der Waals surface area (Å²) in [6.07, 6.45) is 12.6. The molecule has 1 unspecified atom stereocenters. The molecule has 0 aliphatic heterocycles. The minimum absolute atomic E-state index is 0.116. The average molecular weight is 359 g/mol. The van der Waals surface area contributed by atoms with E-state index >= 15 is 0 Å². The molecule has 8 heteroatoms. The van der Waals surface area contributed by atoms with Crippen molar-refractivity contribution in [3.63, 3.8) is 0 Å². The fourth-order valence-corrected chi connectivity index (χ4v) is 2.73. The van der Waals surface area contributed by atoms with E-state index in [9.17, 15) is 14.4 Å². The molecule has 1 saturated carbocycles. The van der Waals surface area contributed by atoms with Gasteiger partial charge in [0, 0.05) is 6.04 Å². The van der Waals surface area contributed by atoms with Crippen LogP contribution in [0, 0.1) is 0 Å². The van der Waals surface area contributed by atoms with Crippen molar-refractivity contribution in [1.82, 2.24) is 5.32 Å². The number of nitrogens with two attached hydrogens (primary N) is 2. The number of nitrogens with one attached hydrogen (secondary N) is 1. The third kappa shape index (κ3) is 15.6. The normalized spacial score (nSPS) is 18.1. The zero-order chi connectivity index (χ0) is 19.1. The van der Waals surface area contributed by atoms with Crippen molar-refractivity contribution in [2.75, 3.05) is 6.54 Å². The number of hydrogen-bond acceptors (Lipinski definition) is 5. The van der Waals surface area contributed by atoms with Crippen LogP contribution in [0.3, 0.4) is 0 Å². The highest BCUT2D eigenvalue weighted by Crippen LogP contribution is 2.16. The van der Waals surface area contributed by atoms with Gasteiger partial charge in [-0.15, -0.1) is 0 Å². The van der Waals surface area contributed by atoms with Crippen LogP contribution in [0.1, 0.15) is 70.6 Å². The van der Waals surface area contributed by atoms with Crippen LogP contribution >= 0.6 is 0 Å². The summed E-state index contributed by atoms with van der Waals surface area (Å²) < 4.78 is 0. The SMILES string of the molecule is NC(=O)CC(N)C(=O)O.O=C(O)CNC1CCCCCCCCCC1. The maximum Gasteiger partial charge on any atom is 0.321 e. The number of amides is 1. The lowest BCUT2D eigenvalue weighted by Gasteiger charge is -2.17. The monoisotopic (exact) mass is 359 g/mol. The summed E-state index contributed by atoms with van der Waals surface area (Å²) in [6, 6.07) is -0.739. The molecule has 0 aromatic rings. The number of carboxylic acids is 2. The van der Waals surface area contributed by atoms with E-state index < -0.39 is 23.9 Å². The van der Waals surface area contributed by atoms with E-state index in [1.165, 1.54) is 51.4 Å². The van der Waals surface area contributed by atoms with E-state index in [0.29, 0.717) is 6.04 Å². The Labute approximate surface area is 149 Å². The molecule has 0 heterocycles. The number of primary amides is 1. The van der Waals surface area contributed by atoms with Crippen LogP contribution in [0.15, 0.2) is 0 Å². The molecule has 1 atom stereocenters. The predicted molar refractivity (Wildman–Crippen MR) is 95.0 cm³/mol. The number of carboxylic acid groups (broad SMARTS) is 2. The molecular formula is C17H33N3O5. The molecule has 0 aromatic heterocycles. The van der Waals surface area contributed by atoms with Crippen molar-refractivity contribution in [2.24, 2.45) is 11.5 Å². The number of carbonyl (C=O) groups excluding carboxylic acids is 1. The summed E-state index contributed by atoms with van der Waals surface area (Å²) in [5, 5.41) is 19.9. The zero-order valence-corrected chi connectivity index (χ0v) is 14.9. The van der Waals surface area contributed by atoms with Crippen LogP contribution in [0.2, 0.25) is 0 Å². The van der Waals surface area contributed by atoms with Gasteiger partial charge in [0.05, 0.1) is 13.0 Å². The summed E-state index contributed by atoms with van der Waals surface area (Å²) >= 11 is 0. The van der Waals surface area contributed by atoms with Crippen molar-refractivity contribution in [2.45, 2.75) is 82.7 Å². The van der Waals surface area contributed by atoms with E-state index in [0.717, 1.165) is 12.8 Å². The fourth-order valence-electron chi connectivity index (χ4n) is 2.73. The lowest BCUT2D eigenvalue weighted by atomic mass is 10.0. The summed E-state index contributed by atoms with van der Waals surface area (Å²) in [6.45, 7) is 0.116. The van der Waals surface area contributed by atoms with E-state index in [2.05, 4.69) is 11.1 Å². The molecule has 1 amide bonds. The van der Waals surface area contributed by atoms with Crippen LogP contribution in [0.4, 0.5) is 0 Å². The molecule has 1 rings (SSSR count). The van der Waals surface area contributed by atoms with Crippen LogP contribution in [-0.2, 0) is 14.4 Å². The summed E-state index contributed by atoms with van der Waals surface area (Å²) in [5.74, 6) is -2.66. The van der Waals surface area contributed by atoms with Crippen molar-refractivity contribution in [3.05, 3.63) is 0 Å². The highest BCUT2D eigenvalue weighted by molar-refractivity contribution is 5.83. The van der Waals surface area contributed by atoms with Crippen molar-refractivity contribution in [1.29, 1.82) is 0 Å². The molecule has 1 aliphatic rings. The first-order valence-corrected chi connectivity index (χ1v) is 9.04. The lowest BCUT2D eigenvalue weighted by Crippen LogP contribution is -2.34. The van der Waals surface area contributed by atoms with Gasteiger partial charge in [-0.1, -0.05) is 51.4 Å². The molecule has 8 nitrogen and oxygen atoms in total. The molecule has 0 saturated heterocycles. The Hall–Kier alpha value is -1.67. The van der Waals surface area contributed by atoms with Gasteiger partial charge in [-0.25, -0.2) is 0 Å².